The Bertz CT molecular complexity index is 489. The standard InChI is InChI=1S/C14H22FNO2S/c1-14(2,3)9-4-10-16-19(17,18)11-12-5-7-13(15)8-6-12/h5-8,16H,4,9-11H2,1-3H3. The van der Waals surface area contributed by atoms with Crippen molar-refractivity contribution in [1.29, 1.82) is 0 Å². The fourth-order valence-corrected chi connectivity index (χ4v) is 2.89. The molecule has 0 radical (unpaired) electrons. The van der Waals surface area contributed by atoms with Crippen LogP contribution in [-0.4, -0.2) is 15.0 Å². The molecule has 0 aliphatic heterocycles. The normalized spacial score (nSPS) is 12.6. The first-order chi connectivity index (χ1) is 8.68. The van der Waals surface area contributed by atoms with E-state index in [0.717, 1.165) is 12.8 Å². The van der Waals surface area contributed by atoms with Gasteiger partial charge in [-0.2, -0.15) is 0 Å². The molecule has 19 heavy (non-hydrogen) atoms. The van der Waals surface area contributed by atoms with Crippen LogP contribution >= 0.6 is 0 Å². The van der Waals surface area contributed by atoms with Crippen LogP contribution in [0.3, 0.4) is 0 Å². The summed E-state index contributed by atoms with van der Waals surface area (Å²) >= 11 is 0. The highest BCUT2D eigenvalue weighted by atomic mass is 32.2. The minimum Gasteiger partial charge on any atom is -0.215 e. The summed E-state index contributed by atoms with van der Waals surface area (Å²) in [5.74, 6) is -0.470. The SMILES string of the molecule is CC(C)(C)CCCNS(=O)(=O)Cc1ccc(F)cc1. The van der Waals surface area contributed by atoms with E-state index in [9.17, 15) is 12.8 Å². The highest BCUT2D eigenvalue weighted by molar-refractivity contribution is 7.88. The van der Waals surface area contributed by atoms with Gasteiger partial charge in [-0.1, -0.05) is 32.9 Å². The van der Waals surface area contributed by atoms with E-state index in [2.05, 4.69) is 25.5 Å². The average molecular weight is 287 g/mol. The van der Waals surface area contributed by atoms with Gasteiger partial charge in [-0.15, -0.1) is 0 Å². The Kier molecular flexibility index (Phi) is 5.50. The molecule has 108 valence electrons. The van der Waals surface area contributed by atoms with Gasteiger partial charge in [0, 0.05) is 6.54 Å². The van der Waals surface area contributed by atoms with Gasteiger partial charge in [0.05, 0.1) is 5.75 Å². The molecule has 0 fully saturated rings. The molecule has 0 spiro atoms. The summed E-state index contributed by atoms with van der Waals surface area (Å²) < 4.78 is 38.9. The number of nitrogens with one attached hydrogen (secondary N) is 1. The van der Waals surface area contributed by atoms with Gasteiger partial charge >= 0.3 is 0 Å². The zero-order valence-corrected chi connectivity index (χ0v) is 12.6. The van der Waals surface area contributed by atoms with Crippen LogP contribution in [0.15, 0.2) is 24.3 Å². The number of sulfonamides is 1. The van der Waals surface area contributed by atoms with Crippen molar-refractivity contribution in [2.75, 3.05) is 6.54 Å². The highest BCUT2D eigenvalue weighted by Crippen LogP contribution is 2.19. The molecular weight excluding hydrogens is 265 g/mol. The predicted octanol–water partition coefficient (Wildman–Crippen LogP) is 3.07. The van der Waals surface area contributed by atoms with Crippen LogP contribution in [-0.2, 0) is 15.8 Å². The molecule has 0 aliphatic carbocycles. The molecule has 0 atom stereocenters. The van der Waals surface area contributed by atoms with E-state index in [1.165, 1.54) is 24.3 Å². The monoisotopic (exact) mass is 287 g/mol. The molecule has 0 amide bonds. The second-order valence-electron chi connectivity index (χ2n) is 5.94. The summed E-state index contributed by atoms with van der Waals surface area (Å²) in [5, 5.41) is 0. The summed E-state index contributed by atoms with van der Waals surface area (Å²) in [4.78, 5) is 0. The third kappa shape index (κ3) is 7.28. The van der Waals surface area contributed by atoms with Gasteiger partial charge in [0.2, 0.25) is 10.0 Å². The third-order valence-electron chi connectivity index (χ3n) is 2.70. The van der Waals surface area contributed by atoms with Crippen molar-refractivity contribution in [3.05, 3.63) is 35.6 Å². The van der Waals surface area contributed by atoms with Crippen molar-refractivity contribution < 1.29 is 12.8 Å². The number of halogens is 1. The van der Waals surface area contributed by atoms with E-state index in [0.29, 0.717) is 12.1 Å². The van der Waals surface area contributed by atoms with Crippen LogP contribution in [0.1, 0.15) is 39.2 Å². The van der Waals surface area contributed by atoms with Crippen molar-refractivity contribution in [3.8, 4) is 0 Å². The molecule has 0 aliphatic rings. The summed E-state index contributed by atoms with van der Waals surface area (Å²) in [7, 11) is -3.34. The largest absolute Gasteiger partial charge is 0.215 e. The first-order valence-corrected chi connectivity index (χ1v) is 8.05. The summed E-state index contributed by atoms with van der Waals surface area (Å²) in [6.45, 7) is 6.82. The summed E-state index contributed by atoms with van der Waals surface area (Å²) in [6.07, 6.45) is 1.78. The molecule has 0 bridgehead atoms. The van der Waals surface area contributed by atoms with Gasteiger partial charge in [-0.3, -0.25) is 0 Å². The van der Waals surface area contributed by atoms with Crippen molar-refractivity contribution in [2.24, 2.45) is 5.41 Å². The summed E-state index contributed by atoms with van der Waals surface area (Å²) in [6, 6.07) is 5.52. The van der Waals surface area contributed by atoms with E-state index in [4.69, 9.17) is 0 Å². The second-order valence-corrected chi connectivity index (χ2v) is 7.75. The van der Waals surface area contributed by atoms with Crippen molar-refractivity contribution in [1.82, 2.24) is 4.72 Å². The maximum Gasteiger partial charge on any atom is 0.215 e. The Hall–Kier alpha value is -0.940. The fraction of sp³-hybridized carbons (Fsp3) is 0.571. The van der Waals surface area contributed by atoms with Crippen LogP contribution in [0.25, 0.3) is 0 Å². The maximum absolute atomic E-state index is 12.7. The lowest BCUT2D eigenvalue weighted by Gasteiger charge is -2.17. The zero-order valence-electron chi connectivity index (χ0n) is 11.7. The van der Waals surface area contributed by atoms with Gasteiger partial charge in [-0.25, -0.2) is 17.5 Å². The molecule has 1 rings (SSSR count). The van der Waals surface area contributed by atoms with Crippen molar-refractivity contribution in [2.45, 2.75) is 39.4 Å². The molecule has 3 nitrogen and oxygen atoms in total. The summed E-state index contributed by atoms with van der Waals surface area (Å²) in [5.41, 5.74) is 0.798. The number of hydrogen-bond acceptors (Lipinski definition) is 2. The molecule has 0 heterocycles. The Morgan fingerprint density at radius 1 is 1.16 bits per heavy atom. The quantitative estimate of drug-likeness (QED) is 0.817. The van der Waals surface area contributed by atoms with Crippen LogP contribution in [0.5, 0.6) is 0 Å². The van der Waals surface area contributed by atoms with Crippen LogP contribution in [0, 0.1) is 11.2 Å². The molecule has 1 N–H and O–H groups in total. The zero-order chi connectivity index (χ0) is 14.5. The van der Waals surface area contributed by atoms with E-state index < -0.39 is 10.0 Å². The maximum atomic E-state index is 12.7. The minimum absolute atomic E-state index is 0.108. The van der Waals surface area contributed by atoms with Crippen molar-refractivity contribution in [3.63, 3.8) is 0 Å². The van der Waals surface area contributed by atoms with Gasteiger partial charge in [0.25, 0.3) is 0 Å². The topological polar surface area (TPSA) is 46.2 Å². The number of rotatable bonds is 6. The minimum atomic E-state index is -3.34. The molecule has 0 aromatic heterocycles. The van der Waals surface area contributed by atoms with E-state index >= 15 is 0 Å². The van der Waals surface area contributed by atoms with Gasteiger partial charge < -0.3 is 0 Å². The Balaban J connectivity index is 2.42. The van der Waals surface area contributed by atoms with E-state index in [1.54, 1.807) is 0 Å². The average Bonchev–Trinajstić information content (AvgIpc) is 2.26. The first-order valence-electron chi connectivity index (χ1n) is 6.40. The first kappa shape index (κ1) is 16.1. The second kappa shape index (κ2) is 6.48. The lowest BCUT2D eigenvalue weighted by molar-refractivity contribution is 0.365. The Morgan fingerprint density at radius 3 is 2.26 bits per heavy atom. The Morgan fingerprint density at radius 2 is 1.74 bits per heavy atom. The van der Waals surface area contributed by atoms with Crippen LogP contribution < -0.4 is 4.72 Å². The number of benzene rings is 1. The van der Waals surface area contributed by atoms with Gasteiger partial charge in [0.15, 0.2) is 0 Å². The molecule has 0 saturated heterocycles. The van der Waals surface area contributed by atoms with Gasteiger partial charge in [0.1, 0.15) is 5.82 Å². The molecule has 0 unspecified atom stereocenters. The Labute approximate surface area is 115 Å². The highest BCUT2D eigenvalue weighted by Gasteiger charge is 2.13. The fourth-order valence-electron chi connectivity index (χ4n) is 1.70. The molecular formula is C14H22FNO2S. The third-order valence-corrected chi connectivity index (χ3v) is 4.05. The van der Waals surface area contributed by atoms with E-state index in [1.807, 2.05) is 0 Å². The van der Waals surface area contributed by atoms with Crippen LogP contribution in [0.4, 0.5) is 4.39 Å². The molecule has 5 heteroatoms. The molecule has 1 aromatic carbocycles. The number of hydrogen-bond donors (Lipinski definition) is 1. The van der Waals surface area contributed by atoms with Crippen LogP contribution in [0.2, 0.25) is 0 Å². The lowest BCUT2D eigenvalue weighted by atomic mass is 9.91. The lowest BCUT2D eigenvalue weighted by Crippen LogP contribution is -2.26. The smallest absolute Gasteiger partial charge is 0.215 e. The molecule has 1 aromatic rings. The van der Waals surface area contributed by atoms with Gasteiger partial charge in [-0.05, 0) is 36.0 Å². The van der Waals surface area contributed by atoms with E-state index in [-0.39, 0.29) is 17.0 Å². The molecule has 0 saturated carbocycles. The van der Waals surface area contributed by atoms with Crippen molar-refractivity contribution >= 4 is 10.0 Å². The predicted molar refractivity (Wildman–Crippen MR) is 75.7 cm³/mol.